The van der Waals surface area contributed by atoms with Crippen LogP contribution in [-0.2, 0) is 4.79 Å². The number of nitrogens with zero attached hydrogens (tertiary/aromatic N) is 1. The molecule has 0 bridgehead atoms. The predicted molar refractivity (Wildman–Crippen MR) is 66.9 cm³/mol. The van der Waals surface area contributed by atoms with Gasteiger partial charge in [-0.25, -0.2) is 4.39 Å². The third-order valence-corrected chi connectivity index (χ3v) is 2.97. The molecule has 0 atom stereocenters. The van der Waals surface area contributed by atoms with Crippen LogP contribution < -0.4 is 10.2 Å². The zero-order valence-electron chi connectivity index (χ0n) is 10.6. The largest absolute Gasteiger partial charge is 0.377 e. The summed E-state index contributed by atoms with van der Waals surface area (Å²) in [5.41, 5.74) is 1.74. The Bertz CT molecular complexity index is 483. The van der Waals surface area contributed by atoms with Crippen molar-refractivity contribution in [1.82, 2.24) is 0 Å². The maximum Gasteiger partial charge on any atom is 0.224 e. The first-order valence-electron chi connectivity index (χ1n) is 5.66. The third-order valence-electron chi connectivity index (χ3n) is 2.97. The molecule has 0 unspecified atom stereocenters. The van der Waals surface area contributed by atoms with Gasteiger partial charge in [0.2, 0.25) is 5.91 Å². The summed E-state index contributed by atoms with van der Waals surface area (Å²) < 4.78 is 13.5. The van der Waals surface area contributed by atoms with Crippen molar-refractivity contribution < 1.29 is 9.18 Å². The van der Waals surface area contributed by atoms with Crippen molar-refractivity contribution in [3.63, 3.8) is 0 Å². The van der Waals surface area contributed by atoms with Crippen molar-refractivity contribution in [1.29, 1.82) is 0 Å². The average molecular weight is 236 g/mol. The van der Waals surface area contributed by atoms with Gasteiger partial charge in [0.05, 0.1) is 11.4 Å². The molecule has 1 amide bonds. The molecule has 4 heteroatoms. The second-order valence-corrected chi connectivity index (χ2v) is 5.23. The first kappa shape index (κ1) is 11.9. The molecule has 1 aromatic rings. The molecule has 0 saturated carbocycles. The first-order chi connectivity index (χ1) is 7.80. The second-order valence-electron chi connectivity index (χ2n) is 5.23. The predicted octanol–water partition coefficient (Wildman–Crippen LogP) is 2.69. The first-order valence-corrected chi connectivity index (χ1v) is 5.66. The topological polar surface area (TPSA) is 32.3 Å². The van der Waals surface area contributed by atoms with Crippen molar-refractivity contribution in [3.8, 4) is 0 Å². The number of benzene rings is 1. The monoisotopic (exact) mass is 236 g/mol. The van der Waals surface area contributed by atoms with Gasteiger partial charge in [-0.2, -0.15) is 0 Å². The van der Waals surface area contributed by atoms with Gasteiger partial charge in [-0.15, -0.1) is 0 Å². The van der Waals surface area contributed by atoms with Gasteiger partial charge >= 0.3 is 0 Å². The Balaban J connectivity index is 2.56. The van der Waals surface area contributed by atoms with E-state index < -0.39 is 0 Å². The molecule has 1 heterocycles. The van der Waals surface area contributed by atoms with Crippen molar-refractivity contribution in [2.75, 3.05) is 16.8 Å². The summed E-state index contributed by atoms with van der Waals surface area (Å²) in [4.78, 5) is 13.3. The van der Waals surface area contributed by atoms with E-state index in [0.29, 0.717) is 17.8 Å². The van der Waals surface area contributed by atoms with E-state index in [1.165, 1.54) is 13.0 Å². The number of aryl methyl sites for hydroxylation is 1. The Kier molecular flexibility index (Phi) is 2.60. The Morgan fingerprint density at radius 1 is 1.47 bits per heavy atom. The number of hydrogen-bond donors (Lipinski definition) is 1. The van der Waals surface area contributed by atoms with Crippen molar-refractivity contribution in [2.24, 2.45) is 0 Å². The standard InChI is InChI=1S/C13H17FN2O/c1-8-5-12-11(6-10(8)14)15-13(3,4)7-16(12)9(2)17/h5-6,15H,7H2,1-4H3. The zero-order valence-corrected chi connectivity index (χ0v) is 10.6. The highest BCUT2D eigenvalue weighted by Gasteiger charge is 2.31. The van der Waals surface area contributed by atoms with Gasteiger partial charge in [0, 0.05) is 19.0 Å². The molecule has 0 aromatic heterocycles. The van der Waals surface area contributed by atoms with Crippen LogP contribution in [0.25, 0.3) is 0 Å². The minimum absolute atomic E-state index is 0.0215. The lowest BCUT2D eigenvalue weighted by molar-refractivity contribution is -0.116. The lowest BCUT2D eigenvalue weighted by atomic mass is 9.98. The molecular formula is C13H17FN2O. The van der Waals surface area contributed by atoms with E-state index in [0.717, 1.165) is 5.69 Å². The van der Waals surface area contributed by atoms with E-state index in [2.05, 4.69) is 5.32 Å². The molecule has 1 aliphatic rings. The number of fused-ring (bicyclic) bond motifs is 1. The number of amides is 1. The van der Waals surface area contributed by atoms with E-state index in [9.17, 15) is 9.18 Å². The van der Waals surface area contributed by atoms with Crippen LogP contribution in [0.4, 0.5) is 15.8 Å². The minimum Gasteiger partial charge on any atom is -0.377 e. The Labute approximate surface area is 101 Å². The highest BCUT2D eigenvalue weighted by molar-refractivity contribution is 5.96. The van der Waals surface area contributed by atoms with E-state index in [-0.39, 0.29) is 17.3 Å². The Morgan fingerprint density at radius 2 is 2.12 bits per heavy atom. The van der Waals surface area contributed by atoms with Gasteiger partial charge in [-0.1, -0.05) is 0 Å². The van der Waals surface area contributed by atoms with Gasteiger partial charge in [0.25, 0.3) is 0 Å². The molecule has 1 aliphatic heterocycles. The molecule has 0 aliphatic carbocycles. The average Bonchev–Trinajstić information content (AvgIpc) is 2.18. The molecule has 2 rings (SSSR count). The number of carbonyl (C=O) groups is 1. The normalized spacial score (nSPS) is 17.4. The van der Waals surface area contributed by atoms with Crippen molar-refractivity contribution >= 4 is 17.3 Å². The molecule has 3 nitrogen and oxygen atoms in total. The summed E-state index contributed by atoms with van der Waals surface area (Å²) in [6, 6.07) is 3.18. The fraction of sp³-hybridized carbons (Fsp3) is 0.462. The van der Waals surface area contributed by atoms with E-state index in [1.54, 1.807) is 17.9 Å². The summed E-state index contributed by atoms with van der Waals surface area (Å²) in [7, 11) is 0. The fourth-order valence-corrected chi connectivity index (χ4v) is 2.16. The second kappa shape index (κ2) is 3.72. The maximum absolute atomic E-state index is 13.5. The number of rotatable bonds is 0. The van der Waals surface area contributed by atoms with Crippen LogP contribution in [0.3, 0.4) is 0 Å². The molecule has 17 heavy (non-hydrogen) atoms. The van der Waals surface area contributed by atoms with Gasteiger partial charge in [0.1, 0.15) is 5.82 Å². The fourth-order valence-electron chi connectivity index (χ4n) is 2.16. The molecule has 0 spiro atoms. The number of halogens is 1. The summed E-state index contributed by atoms with van der Waals surface area (Å²) in [5.74, 6) is -0.274. The van der Waals surface area contributed by atoms with Gasteiger partial charge in [0.15, 0.2) is 0 Å². The van der Waals surface area contributed by atoms with Crippen molar-refractivity contribution in [2.45, 2.75) is 33.2 Å². The van der Waals surface area contributed by atoms with E-state index >= 15 is 0 Å². The highest BCUT2D eigenvalue weighted by atomic mass is 19.1. The SMILES string of the molecule is CC(=O)N1CC(C)(C)Nc2cc(F)c(C)cc21. The molecule has 1 N–H and O–H groups in total. The molecule has 1 aromatic carbocycles. The minimum atomic E-state index is -0.252. The third kappa shape index (κ3) is 2.12. The number of hydrogen-bond acceptors (Lipinski definition) is 2. The summed E-state index contributed by atoms with van der Waals surface area (Å²) in [5, 5.41) is 3.26. The van der Waals surface area contributed by atoms with Crippen LogP contribution in [0.2, 0.25) is 0 Å². The van der Waals surface area contributed by atoms with E-state index in [1.807, 2.05) is 13.8 Å². The number of carbonyl (C=O) groups excluding carboxylic acids is 1. The van der Waals surface area contributed by atoms with Gasteiger partial charge < -0.3 is 10.2 Å². The van der Waals surface area contributed by atoms with Crippen LogP contribution in [0.1, 0.15) is 26.3 Å². The summed E-state index contributed by atoms with van der Waals surface area (Å²) in [6.45, 7) is 7.80. The molecule has 0 saturated heterocycles. The number of nitrogens with one attached hydrogen (secondary N) is 1. The molecular weight excluding hydrogens is 219 g/mol. The smallest absolute Gasteiger partial charge is 0.224 e. The van der Waals surface area contributed by atoms with Gasteiger partial charge in [-0.3, -0.25) is 4.79 Å². The van der Waals surface area contributed by atoms with Crippen LogP contribution in [0.15, 0.2) is 12.1 Å². The van der Waals surface area contributed by atoms with Crippen LogP contribution in [-0.4, -0.2) is 18.0 Å². The molecule has 0 fully saturated rings. The lowest BCUT2D eigenvalue weighted by Crippen LogP contribution is -2.50. The maximum atomic E-state index is 13.5. The highest BCUT2D eigenvalue weighted by Crippen LogP contribution is 2.36. The van der Waals surface area contributed by atoms with Crippen molar-refractivity contribution in [3.05, 3.63) is 23.5 Å². The molecule has 92 valence electrons. The van der Waals surface area contributed by atoms with Crippen LogP contribution in [0.5, 0.6) is 0 Å². The Morgan fingerprint density at radius 3 is 2.71 bits per heavy atom. The molecule has 0 radical (unpaired) electrons. The number of anilines is 2. The van der Waals surface area contributed by atoms with Crippen LogP contribution >= 0.6 is 0 Å². The quantitative estimate of drug-likeness (QED) is 0.751. The van der Waals surface area contributed by atoms with E-state index in [4.69, 9.17) is 0 Å². The lowest BCUT2D eigenvalue weighted by Gasteiger charge is -2.40. The summed E-state index contributed by atoms with van der Waals surface area (Å²) >= 11 is 0. The zero-order chi connectivity index (χ0) is 12.8. The Hall–Kier alpha value is -1.58. The van der Waals surface area contributed by atoms with Gasteiger partial charge in [-0.05, 0) is 38.5 Å². The summed E-state index contributed by atoms with van der Waals surface area (Å²) in [6.07, 6.45) is 0. The van der Waals surface area contributed by atoms with Crippen LogP contribution in [0, 0.1) is 12.7 Å².